The SMILES string of the molecule is CCOC(=O)COc1cc(Br)c(/C=C2/NC(=O)N(c3ccc(Cl)cc3)C2=O)cc1OCC. The summed E-state index contributed by atoms with van der Waals surface area (Å²) < 4.78 is 16.6. The van der Waals surface area contributed by atoms with Crippen LogP contribution in [0.4, 0.5) is 10.5 Å². The Morgan fingerprint density at radius 1 is 1.09 bits per heavy atom. The van der Waals surface area contributed by atoms with Crippen molar-refractivity contribution in [1.82, 2.24) is 5.32 Å². The Morgan fingerprint density at radius 2 is 1.78 bits per heavy atom. The van der Waals surface area contributed by atoms with Gasteiger partial charge in [0, 0.05) is 9.50 Å². The van der Waals surface area contributed by atoms with Gasteiger partial charge in [0.1, 0.15) is 5.70 Å². The molecular formula is C22H20BrClN2O6. The molecule has 0 radical (unpaired) electrons. The molecule has 168 valence electrons. The maximum Gasteiger partial charge on any atom is 0.344 e. The predicted molar refractivity (Wildman–Crippen MR) is 123 cm³/mol. The van der Waals surface area contributed by atoms with Gasteiger partial charge in [0.15, 0.2) is 18.1 Å². The van der Waals surface area contributed by atoms with Crippen LogP contribution in [-0.4, -0.2) is 37.7 Å². The van der Waals surface area contributed by atoms with Gasteiger partial charge >= 0.3 is 12.0 Å². The van der Waals surface area contributed by atoms with E-state index >= 15 is 0 Å². The molecule has 1 saturated heterocycles. The van der Waals surface area contributed by atoms with E-state index in [9.17, 15) is 14.4 Å². The lowest BCUT2D eigenvalue weighted by Gasteiger charge is -2.14. The second-order valence-electron chi connectivity index (χ2n) is 6.45. The van der Waals surface area contributed by atoms with E-state index in [1.807, 2.05) is 0 Å². The van der Waals surface area contributed by atoms with Crippen LogP contribution in [0.3, 0.4) is 0 Å². The van der Waals surface area contributed by atoms with E-state index in [2.05, 4.69) is 21.2 Å². The number of imide groups is 1. The number of nitrogens with zero attached hydrogens (tertiary/aromatic N) is 1. The number of carbonyl (C=O) groups is 3. The number of nitrogens with one attached hydrogen (secondary N) is 1. The molecule has 0 bridgehead atoms. The molecule has 0 saturated carbocycles. The Hall–Kier alpha value is -3.04. The minimum atomic E-state index is -0.570. The Balaban J connectivity index is 1.87. The molecule has 1 aliphatic rings. The van der Waals surface area contributed by atoms with E-state index in [0.717, 1.165) is 4.90 Å². The van der Waals surface area contributed by atoms with Gasteiger partial charge in [0.2, 0.25) is 0 Å². The monoisotopic (exact) mass is 522 g/mol. The number of anilines is 1. The summed E-state index contributed by atoms with van der Waals surface area (Å²) in [4.78, 5) is 37.9. The van der Waals surface area contributed by atoms with Crippen molar-refractivity contribution < 1.29 is 28.6 Å². The molecule has 0 spiro atoms. The third kappa shape index (κ3) is 5.41. The van der Waals surface area contributed by atoms with Gasteiger partial charge in [0.05, 0.1) is 18.9 Å². The fourth-order valence-electron chi connectivity index (χ4n) is 2.90. The summed E-state index contributed by atoms with van der Waals surface area (Å²) in [6.45, 7) is 3.85. The Kier molecular flexibility index (Phi) is 7.76. The van der Waals surface area contributed by atoms with E-state index in [4.69, 9.17) is 25.8 Å². The number of amides is 3. The number of hydrogen-bond donors (Lipinski definition) is 1. The molecule has 1 aliphatic heterocycles. The number of urea groups is 1. The van der Waals surface area contributed by atoms with Crippen molar-refractivity contribution >= 4 is 57.2 Å². The smallest absolute Gasteiger partial charge is 0.344 e. The average molecular weight is 524 g/mol. The molecule has 2 aromatic rings. The molecular weight excluding hydrogens is 504 g/mol. The zero-order chi connectivity index (χ0) is 23.3. The molecule has 1 N–H and O–H groups in total. The van der Waals surface area contributed by atoms with Crippen LogP contribution in [-0.2, 0) is 14.3 Å². The molecule has 1 heterocycles. The third-order valence-corrected chi connectivity index (χ3v) is 5.22. The van der Waals surface area contributed by atoms with Gasteiger partial charge in [-0.05, 0) is 61.9 Å². The van der Waals surface area contributed by atoms with Gasteiger partial charge in [-0.2, -0.15) is 0 Å². The van der Waals surface area contributed by atoms with Crippen molar-refractivity contribution in [3.05, 3.63) is 57.2 Å². The number of benzene rings is 2. The van der Waals surface area contributed by atoms with Crippen LogP contribution in [0, 0.1) is 0 Å². The molecule has 1 fully saturated rings. The molecule has 32 heavy (non-hydrogen) atoms. The number of halogens is 2. The Labute approximate surface area is 198 Å². The lowest BCUT2D eigenvalue weighted by Crippen LogP contribution is -2.30. The van der Waals surface area contributed by atoms with Crippen molar-refractivity contribution in [3.8, 4) is 11.5 Å². The van der Waals surface area contributed by atoms with Gasteiger partial charge in [-0.15, -0.1) is 0 Å². The third-order valence-electron chi connectivity index (χ3n) is 4.28. The highest BCUT2D eigenvalue weighted by Gasteiger charge is 2.35. The van der Waals surface area contributed by atoms with Crippen LogP contribution in [0.2, 0.25) is 5.02 Å². The normalized spacial score (nSPS) is 14.5. The standard InChI is InChI=1S/C22H20BrClN2O6/c1-3-30-18-10-13(16(23)11-19(18)32-12-20(27)31-4-2)9-17-21(28)26(22(29)25-17)15-7-5-14(24)6-8-15/h5-11H,3-4,12H2,1-2H3,(H,25,29)/b17-9+. The lowest BCUT2D eigenvalue weighted by molar-refractivity contribution is -0.145. The summed E-state index contributed by atoms with van der Waals surface area (Å²) in [5.41, 5.74) is 1.06. The number of rotatable bonds is 8. The first-order chi connectivity index (χ1) is 15.3. The summed E-state index contributed by atoms with van der Waals surface area (Å²) >= 11 is 9.32. The van der Waals surface area contributed by atoms with Crippen LogP contribution in [0.5, 0.6) is 11.5 Å². The lowest BCUT2D eigenvalue weighted by atomic mass is 10.1. The Bertz CT molecular complexity index is 1070. The second-order valence-corrected chi connectivity index (χ2v) is 7.74. The zero-order valence-electron chi connectivity index (χ0n) is 17.3. The van der Waals surface area contributed by atoms with Crippen molar-refractivity contribution in [1.29, 1.82) is 0 Å². The van der Waals surface area contributed by atoms with Crippen molar-refractivity contribution in [2.45, 2.75) is 13.8 Å². The zero-order valence-corrected chi connectivity index (χ0v) is 19.7. The summed E-state index contributed by atoms with van der Waals surface area (Å²) in [7, 11) is 0. The first-order valence-corrected chi connectivity index (χ1v) is 10.9. The summed E-state index contributed by atoms with van der Waals surface area (Å²) in [5.74, 6) is -0.305. The molecule has 0 atom stereocenters. The number of esters is 1. The second kappa shape index (κ2) is 10.5. The van der Waals surface area contributed by atoms with Crippen LogP contribution in [0.15, 0.2) is 46.6 Å². The summed E-state index contributed by atoms with van der Waals surface area (Å²) in [6.07, 6.45) is 1.53. The molecule has 0 unspecified atom stereocenters. The minimum Gasteiger partial charge on any atom is -0.490 e. The van der Waals surface area contributed by atoms with Crippen LogP contribution >= 0.6 is 27.5 Å². The first-order valence-electron chi connectivity index (χ1n) is 9.71. The highest BCUT2D eigenvalue weighted by Crippen LogP contribution is 2.35. The molecule has 10 heteroatoms. The van der Waals surface area contributed by atoms with Crippen LogP contribution < -0.4 is 19.7 Å². The molecule has 0 aliphatic carbocycles. The highest BCUT2D eigenvalue weighted by atomic mass is 79.9. The van der Waals surface area contributed by atoms with Gasteiger partial charge in [-0.25, -0.2) is 14.5 Å². The Morgan fingerprint density at radius 3 is 2.44 bits per heavy atom. The van der Waals surface area contributed by atoms with E-state index in [-0.39, 0.29) is 18.9 Å². The number of hydrogen-bond acceptors (Lipinski definition) is 6. The maximum atomic E-state index is 12.9. The topological polar surface area (TPSA) is 94.2 Å². The molecule has 0 aromatic heterocycles. The van der Waals surface area contributed by atoms with Crippen LogP contribution in [0.25, 0.3) is 6.08 Å². The van der Waals surface area contributed by atoms with Crippen molar-refractivity contribution in [2.24, 2.45) is 0 Å². The van der Waals surface area contributed by atoms with E-state index in [1.54, 1.807) is 50.2 Å². The molecule has 2 aromatic carbocycles. The highest BCUT2D eigenvalue weighted by molar-refractivity contribution is 9.10. The minimum absolute atomic E-state index is 0.0910. The molecule has 8 nitrogen and oxygen atoms in total. The van der Waals surface area contributed by atoms with Gasteiger partial charge in [0.25, 0.3) is 5.91 Å². The number of ether oxygens (including phenoxy) is 3. The largest absolute Gasteiger partial charge is 0.490 e. The molecule has 3 amide bonds. The summed E-state index contributed by atoms with van der Waals surface area (Å²) in [5, 5.41) is 3.07. The van der Waals surface area contributed by atoms with Crippen LogP contribution in [0.1, 0.15) is 19.4 Å². The van der Waals surface area contributed by atoms with E-state index in [0.29, 0.717) is 38.9 Å². The predicted octanol–water partition coefficient (Wildman–Crippen LogP) is 4.54. The van der Waals surface area contributed by atoms with Crippen molar-refractivity contribution in [3.63, 3.8) is 0 Å². The van der Waals surface area contributed by atoms with E-state index < -0.39 is 17.9 Å². The fraction of sp³-hybridized carbons (Fsp3) is 0.227. The van der Waals surface area contributed by atoms with Gasteiger partial charge in [-0.1, -0.05) is 27.5 Å². The maximum absolute atomic E-state index is 12.9. The molecule has 3 rings (SSSR count). The fourth-order valence-corrected chi connectivity index (χ4v) is 3.46. The first kappa shape index (κ1) is 23.6. The van der Waals surface area contributed by atoms with Gasteiger partial charge in [-0.3, -0.25) is 4.79 Å². The quantitative estimate of drug-likeness (QED) is 0.310. The number of carbonyl (C=O) groups excluding carboxylic acids is 3. The van der Waals surface area contributed by atoms with Gasteiger partial charge < -0.3 is 19.5 Å². The average Bonchev–Trinajstić information content (AvgIpc) is 3.03. The van der Waals surface area contributed by atoms with E-state index in [1.165, 1.54) is 6.08 Å². The van der Waals surface area contributed by atoms with Crippen molar-refractivity contribution in [2.75, 3.05) is 24.7 Å². The summed E-state index contributed by atoms with van der Waals surface area (Å²) in [6, 6.07) is 9.06.